The molecule has 0 bridgehead atoms. The van der Waals surface area contributed by atoms with E-state index in [9.17, 15) is 0 Å². The number of furan rings is 3. The summed E-state index contributed by atoms with van der Waals surface area (Å²) in [6, 6.07) is 68.7. The van der Waals surface area contributed by atoms with Crippen LogP contribution in [0.4, 0.5) is 0 Å². The molecule has 0 aliphatic carbocycles. The molecule has 63 heavy (non-hydrogen) atoms. The van der Waals surface area contributed by atoms with Crippen LogP contribution in [0.1, 0.15) is 22.9 Å². The second-order valence-corrected chi connectivity index (χ2v) is 16.0. The van der Waals surface area contributed by atoms with Crippen molar-refractivity contribution >= 4 is 77.5 Å². The summed E-state index contributed by atoms with van der Waals surface area (Å²) in [6.45, 7) is 0. The van der Waals surface area contributed by atoms with Crippen molar-refractivity contribution in [2.45, 2.75) is 6.17 Å². The van der Waals surface area contributed by atoms with E-state index in [2.05, 4.69) is 127 Å². The maximum atomic E-state index is 7.01. The number of hydrogen-bond acceptors (Lipinski definition) is 5. The van der Waals surface area contributed by atoms with Crippen molar-refractivity contribution in [1.29, 1.82) is 0 Å². The van der Waals surface area contributed by atoms with Gasteiger partial charge in [-0.15, -0.1) is 0 Å². The molecule has 1 aliphatic heterocycles. The molecule has 3 aromatic heterocycles. The van der Waals surface area contributed by atoms with Crippen molar-refractivity contribution in [2.75, 3.05) is 0 Å². The molecule has 0 saturated heterocycles. The van der Waals surface area contributed by atoms with Crippen LogP contribution < -0.4 is 0 Å². The quantitative estimate of drug-likeness (QED) is 0.168. The van der Waals surface area contributed by atoms with Crippen molar-refractivity contribution in [3.63, 3.8) is 0 Å². The first kappa shape index (κ1) is 35.3. The van der Waals surface area contributed by atoms with Gasteiger partial charge in [-0.2, -0.15) is 0 Å². The number of amidine groups is 2. The second-order valence-electron chi connectivity index (χ2n) is 16.0. The van der Waals surface area contributed by atoms with Crippen molar-refractivity contribution in [2.24, 2.45) is 9.98 Å². The van der Waals surface area contributed by atoms with Gasteiger partial charge in [-0.05, 0) is 58.1 Å². The van der Waals surface area contributed by atoms with Crippen LogP contribution in [0, 0.1) is 0 Å². The number of fused-ring (bicyclic) bond motifs is 9. The van der Waals surface area contributed by atoms with E-state index in [1.807, 2.05) is 72.8 Å². The summed E-state index contributed by atoms with van der Waals surface area (Å²) in [5.74, 6) is 1.21. The lowest BCUT2D eigenvalue weighted by molar-refractivity contribution is 0.665. The van der Waals surface area contributed by atoms with Crippen molar-refractivity contribution < 1.29 is 13.3 Å². The van der Waals surface area contributed by atoms with Crippen LogP contribution in [-0.2, 0) is 0 Å². The molecular weight excluding hydrogens is 775 g/mol. The SMILES string of the molecule is c1ccc(C2=NC(c3cccc4oc5c(-c6cccc7c6oc6ccccc67)cc(-c6cccc7c6oc6ccccc67)cc5c34)=NC(c3ccc(-c4ccccc4)cc3)[N-]2)cc1. The molecule has 0 spiro atoms. The van der Waals surface area contributed by atoms with Gasteiger partial charge in [0, 0.05) is 54.6 Å². The third kappa shape index (κ3) is 5.73. The lowest BCUT2D eigenvalue weighted by atomic mass is 9.93. The minimum atomic E-state index is -0.520. The first-order valence-electron chi connectivity index (χ1n) is 21.1. The van der Waals surface area contributed by atoms with Gasteiger partial charge in [0.05, 0.1) is 12.0 Å². The van der Waals surface area contributed by atoms with E-state index in [1.54, 1.807) is 0 Å². The zero-order chi connectivity index (χ0) is 41.4. The summed E-state index contributed by atoms with van der Waals surface area (Å²) in [5, 5.41) is 11.3. The van der Waals surface area contributed by atoms with E-state index < -0.39 is 6.17 Å². The van der Waals surface area contributed by atoms with Crippen LogP contribution in [0.5, 0.6) is 0 Å². The highest BCUT2D eigenvalue weighted by Gasteiger charge is 2.24. The Hall–Kier alpha value is -8.48. The molecule has 6 nitrogen and oxygen atoms in total. The fourth-order valence-electron chi connectivity index (χ4n) is 9.31. The minimum absolute atomic E-state index is 0.520. The highest BCUT2D eigenvalue weighted by atomic mass is 16.3. The molecule has 0 amide bonds. The van der Waals surface area contributed by atoms with Gasteiger partial charge in [0.15, 0.2) is 0 Å². The Kier molecular flexibility index (Phi) is 7.87. The van der Waals surface area contributed by atoms with Crippen LogP contribution in [0.3, 0.4) is 0 Å². The number of benzene rings is 9. The third-order valence-electron chi connectivity index (χ3n) is 12.3. The predicted octanol–water partition coefficient (Wildman–Crippen LogP) is 15.7. The van der Waals surface area contributed by atoms with Gasteiger partial charge in [0.2, 0.25) is 0 Å². The largest absolute Gasteiger partial charge is 0.455 e. The normalized spacial score (nSPS) is 14.2. The van der Waals surface area contributed by atoms with E-state index in [0.717, 1.165) is 116 Å². The van der Waals surface area contributed by atoms with Gasteiger partial charge in [-0.3, -0.25) is 4.99 Å². The van der Waals surface area contributed by atoms with E-state index in [4.69, 9.17) is 28.6 Å². The molecule has 4 heterocycles. The summed E-state index contributed by atoms with van der Waals surface area (Å²) in [5.41, 5.74) is 13.6. The fourth-order valence-corrected chi connectivity index (χ4v) is 9.31. The summed E-state index contributed by atoms with van der Waals surface area (Å²) >= 11 is 0. The zero-order valence-corrected chi connectivity index (χ0v) is 33.7. The molecule has 13 rings (SSSR count). The summed E-state index contributed by atoms with van der Waals surface area (Å²) in [7, 11) is 0. The first-order chi connectivity index (χ1) is 31.2. The van der Waals surface area contributed by atoms with Gasteiger partial charge >= 0.3 is 0 Å². The minimum Gasteiger partial charge on any atom is -0.455 e. The molecule has 1 unspecified atom stereocenters. The van der Waals surface area contributed by atoms with Gasteiger partial charge in [0.25, 0.3) is 0 Å². The standard InChI is InChI=1S/C57H34N3O3/c1-3-14-34(15-4-1)35-28-30-37(31-29-35)56-58-55(36-16-5-2-6-17-36)59-57(60-56)45-24-13-27-50-51(45)47-33-38(39-20-11-21-42-40-18-7-9-25-48(40)61-52(39)42)32-46(54(47)63-50)44-23-12-22-43-41-19-8-10-26-49(41)62-53(43)44/h1-33,56H/q-1. The fraction of sp³-hybridized carbons (Fsp3) is 0.0175. The Balaban J connectivity index is 1.06. The Bertz CT molecular complexity index is 3820. The monoisotopic (exact) mass is 808 g/mol. The summed E-state index contributed by atoms with van der Waals surface area (Å²) in [6.07, 6.45) is -0.520. The van der Waals surface area contributed by atoms with Crippen LogP contribution in [0.25, 0.3) is 105 Å². The average molecular weight is 809 g/mol. The molecule has 0 radical (unpaired) electrons. The molecule has 1 aliphatic rings. The van der Waals surface area contributed by atoms with Crippen LogP contribution in [0.15, 0.2) is 223 Å². The van der Waals surface area contributed by atoms with Crippen molar-refractivity contribution in [3.8, 4) is 33.4 Å². The smallest absolute Gasteiger partial charge is 0.143 e. The molecule has 6 heteroatoms. The molecule has 9 aromatic carbocycles. The van der Waals surface area contributed by atoms with E-state index in [0.29, 0.717) is 11.7 Å². The lowest BCUT2D eigenvalue weighted by Crippen LogP contribution is -2.16. The molecule has 0 saturated carbocycles. The maximum absolute atomic E-state index is 7.01. The Morgan fingerprint density at radius 1 is 0.365 bits per heavy atom. The van der Waals surface area contributed by atoms with Gasteiger partial charge in [0.1, 0.15) is 33.5 Å². The first-order valence-corrected chi connectivity index (χ1v) is 21.1. The number of para-hydroxylation sites is 4. The number of rotatable bonds is 6. The number of aliphatic imine (C=N–C) groups is 2. The van der Waals surface area contributed by atoms with Crippen molar-refractivity contribution in [3.05, 3.63) is 222 Å². The summed E-state index contributed by atoms with van der Waals surface area (Å²) in [4.78, 5) is 10.5. The second kappa shape index (κ2) is 14.0. The summed E-state index contributed by atoms with van der Waals surface area (Å²) < 4.78 is 20.3. The van der Waals surface area contributed by atoms with Gasteiger partial charge < -0.3 is 23.6 Å². The zero-order valence-electron chi connectivity index (χ0n) is 33.7. The van der Waals surface area contributed by atoms with Gasteiger partial charge in [-0.1, -0.05) is 176 Å². The molecule has 296 valence electrons. The van der Waals surface area contributed by atoms with Gasteiger partial charge in [-0.25, -0.2) is 0 Å². The predicted molar refractivity (Wildman–Crippen MR) is 257 cm³/mol. The molecule has 1 atom stereocenters. The topological polar surface area (TPSA) is 78.2 Å². The molecule has 0 N–H and O–H groups in total. The number of nitrogens with zero attached hydrogens (tertiary/aromatic N) is 3. The maximum Gasteiger partial charge on any atom is 0.143 e. The molecular formula is C57H34N3O3-. The average Bonchev–Trinajstić information content (AvgIpc) is 4.06. The van der Waals surface area contributed by atoms with E-state index >= 15 is 0 Å². The highest BCUT2D eigenvalue weighted by Crippen LogP contribution is 2.46. The van der Waals surface area contributed by atoms with Crippen molar-refractivity contribution in [1.82, 2.24) is 0 Å². The third-order valence-corrected chi connectivity index (χ3v) is 12.3. The Labute approximate surface area is 361 Å². The lowest BCUT2D eigenvalue weighted by Gasteiger charge is -2.32. The van der Waals surface area contributed by atoms with E-state index in [1.165, 1.54) is 0 Å². The van der Waals surface area contributed by atoms with Crippen LogP contribution in [0.2, 0.25) is 0 Å². The molecule has 12 aromatic rings. The molecule has 0 fully saturated rings. The van der Waals surface area contributed by atoms with Crippen LogP contribution >= 0.6 is 0 Å². The number of hydrogen-bond donors (Lipinski definition) is 0. The Morgan fingerprint density at radius 3 is 1.60 bits per heavy atom. The van der Waals surface area contributed by atoms with Crippen LogP contribution in [-0.4, -0.2) is 11.7 Å². The Morgan fingerprint density at radius 2 is 0.889 bits per heavy atom. The highest BCUT2D eigenvalue weighted by molar-refractivity contribution is 6.26. The van der Waals surface area contributed by atoms with E-state index in [-0.39, 0.29) is 0 Å².